The van der Waals surface area contributed by atoms with Crippen molar-refractivity contribution < 1.29 is 22.5 Å². The van der Waals surface area contributed by atoms with Gasteiger partial charge in [-0.3, -0.25) is 9.35 Å². The highest BCUT2D eigenvalue weighted by molar-refractivity contribution is 7.87. The van der Waals surface area contributed by atoms with Crippen molar-refractivity contribution in [2.75, 3.05) is 0 Å². The molecule has 2 aromatic rings. The summed E-state index contributed by atoms with van der Waals surface area (Å²) in [5, 5.41) is -1.72. The Morgan fingerprint density at radius 1 is 1.04 bits per heavy atom. The summed E-state index contributed by atoms with van der Waals surface area (Å²) < 4.78 is 40.3. The summed E-state index contributed by atoms with van der Waals surface area (Å²) in [5.41, 5.74) is -0.807. The number of Topliss-reactive ketones (excluding diaryl/α,β-unsaturated/α-hetero) is 1. The monoisotopic (exact) mass is 346 g/mol. The Balaban J connectivity index is 2.36. The lowest BCUT2D eigenvalue weighted by atomic mass is 9.76. The van der Waals surface area contributed by atoms with Crippen LogP contribution in [0.4, 0.5) is 0 Å². The number of carbonyl (C=O) groups is 1. The van der Waals surface area contributed by atoms with Crippen LogP contribution in [0.2, 0.25) is 0 Å². The largest absolute Gasteiger partial charge is 0.480 e. The summed E-state index contributed by atoms with van der Waals surface area (Å²) in [7, 11) is -4.69. The lowest BCUT2D eigenvalue weighted by molar-refractivity contribution is 0.00372. The van der Waals surface area contributed by atoms with Crippen LogP contribution in [0.5, 0.6) is 5.75 Å². The Labute approximate surface area is 141 Å². The van der Waals surface area contributed by atoms with Gasteiger partial charge in [-0.05, 0) is 23.6 Å². The third-order valence-corrected chi connectivity index (χ3v) is 5.60. The minimum absolute atomic E-state index is 0.160. The zero-order chi connectivity index (χ0) is 17.5. The molecule has 0 aliphatic carbocycles. The van der Waals surface area contributed by atoms with Gasteiger partial charge in [0.1, 0.15) is 5.75 Å². The van der Waals surface area contributed by atoms with E-state index in [1.165, 1.54) is 6.07 Å². The molecule has 2 atom stereocenters. The Morgan fingerprint density at radius 3 is 2.21 bits per heavy atom. The Kier molecular flexibility index (Phi) is 3.97. The highest BCUT2D eigenvalue weighted by Gasteiger charge is 2.58. The second-order valence-corrected chi connectivity index (χ2v) is 7.67. The molecule has 1 aliphatic heterocycles. The highest BCUT2D eigenvalue weighted by Crippen LogP contribution is 2.46. The fourth-order valence-electron chi connectivity index (χ4n) is 3.35. The number of hydrogen-bond donors (Lipinski definition) is 1. The molecular formula is C18H18O5S. The molecular weight excluding hydrogens is 328 g/mol. The zero-order valence-electron chi connectivity index (χ0n) is 13.3. The van der Waals surface area contributed by atoms with E-state index < -0.39 is 26.8 Å². The molecule has 0 saturated heterocycles. The third kappa shape index (κ3) is 2.42. The summed E-state index contributed by atoms with van der Waals surface area (Å²) in [5.74, 6) is -0.721. The van der Waals surface area contributed by atoms with Gasteiger partial charge < -0.3 is 4.74 Å². The van der Waals surface area contributed by atoms with Crippen LogP contribution < -0.4 is 4.74 Å². The molecule has 24 heavy (non-hydrogen) atoms. The maximum atomic E-state index is 12.9. The van der Waals surface area contributed by atoms with E-state index in [1.807, 2.05) is 0 Å². The van der Waals surface area contributed by atoms with Crippen LogP contribution in [-0.4, -0.2) is 24.0 Å². The number of rotatable bonds is 3. The number of benzene rings is 2. The zero-order valence-corrected chi connectivity index (χ0v) is 14.2. The fourth-order valence-corrected chi connectivity index (χ4v) is 4.65. The van der Waals surface area contributed by atoms with Crippen LogP contribution in [0.1, 0.15) is 29.8 Å². The molecule has 0 radical (unpaired) electrons. The Bertz CT molecular complexity index is 873. The molecule has 6 heteroatoms. The number of para-hydroxylation sites is 1. The van der Waals surface area contributed by atoms with Crippen molar-refractivity contribution in [3.63, 3.8) is 0 Å². The molecule has 1 heterocycles. The molecule has 3 rings (SSSR count). The molecule has 0 bridgehead atoms. The number of carbonyl (C=O) groups excluding carboxylic acids is 1. The van der Waals surface area contributed by atoms with Gasteiger partial charge >= 0.3 is 0 Å². The molecule has 0 saturated carbocycles. The second kappa shape index (κ2) is 5.72. The van der Waals surface area contributed by atoms with Gasteiger partial charge in [0, 0.05) is 0 Å². The minimum Gasteiger partial charge on any atom is -0.480 e. The summed E-state index contributed by atoms with van der Waals surface area (Å²) in [4.78, 5) is 12.9. The summed E-state index contributed by atoms with van der Waals surface area (Å²) in [6.07, 6.45) is 0. The van der Waals surface area contributed by atoms with Crippen LogP contribution in [0, 0.1) is 5.92 Å². The van der Waals surface area contributed by atoms with Crippen molar-refractivity contribution in [3.8, 4) is 5.75 Å². The SMILES string of the molecule is CC(C)C1(c2ccccc2)Oc2ccccc2C(=O)C1S(=O)(=O)O. The van der Waals surface area contributed by atoms with E-state index >= 15 is 0 Å². The molecule has 0 amide bonds. The van der Waals surface area contributed by atoms with Crippen LogP contribution >= 0.6 is 0 Å². The lowest BCUT2D eigenvalue weighted by Crippen LogP contribution is -2.58. The van der Waals surface area contributed by atoms with E-state index in [0.717, 1.165) is 0 Å². The van der Waals surface area contributed by atoms with Crippen LogP contribution in [0.15, 0.2) is 54.6 Å². The average Bonchev–Trinajstić information content (AvgIpc) is 2.54. The van der Waals surface area contributed by atoms with Crippen molar-refractivity contribution in [2.24, 2.45) is 5.92 Å². The number of hydrogen-bond acceptors (Lipinski definition) is 4. The van der Waals surface area contributed by atoms with E-state index in [4.69, 9.17) is 4.74 Å². The third-order valence-electron chi connectivity index (χ3n) is 4.44. The van der Waals surface area contributed by atoms with Crippen molar-refractivity contribution in [1.29, 1.82) is 0 Å². The quantitative estimate of drug-likeness (QED) is 0.864. The van der Waals surface area contributed by atoms with E-state index in [-0.39, 0.29) is 11.5 Å². The molecule has 2 unspecified atom stereocenters. The summed E-state index contributed by atoms with van der Waals surface area (Å²) in [6, 6.07) is 15.2. The number of ketones is 1. The normalized spacial score (nSPS) is 23.7. The van der Waals surface area contributed by atoms with Gasteiger partial charge in [-0.15, -0.1) is 0 Å². The second-order valence-electron chi connectivity index (χ2n) is 6.17. The van der Waals surface area contributed by atoms with E-state index in [2.05, 4.69) is 0 Å². The van der Waals surface area contributed by atoms with Gasteiger partial charge in [-0.1, -0.05) is 56.3 Å². The predicted octanol–water partition coefficient (Wildman–Crippen LogP) is 3.07. The average molecular weight is 346 g/mol. The fraction of sp³-hybridized carbons (Fsp3) is 0.278. The summed E-state index contributed by atoms with van der Waals surface area (Å²) in [6.45, 7) is 3.54. The molecule has 0 aromatic heterocycles. The van der Waals surface area contributed by atoms with Crippen molar-refractivity contribution >= 4 is 15.9 Å². The van der Waals surface area contributed by atoms with Gasteiger partial charge in [0.15, 0.2) is 16.6 Å². The molecule has 1 N–H and O–H groups in total. The maximum Gasteiger partial charge on any atom is 0.279 e. The van der Waals surface area contributed by atoms with E-state index in [1.54, 1.807) is 62.4 Å². The standard InChI is InChI=1S/C18H18O5S/c1-12(2)18(13-8-4-3-5-9-13)17(24(20,21)22)16(19)14-10-6-7-11-15(14)23-18/h3-12,17H,1-2H3,(H,20,21,22). The first kappa shape index (κ1) is 16.7. The van der Waals surface area contributed by atoms with Gasteiger partial charge in [-0.25, -0.2) is 0 Å². The number of fused-ring (bicyclic) bond motifs is 1. The van der Waals surface area contributed by atoms with E-state index in [0.29, 0.717) is 11.3 Å². The molecule has 2 aromatic carbocycles. The molecule has 1 aliphatic rings. The first-order chi connectivity index (χ1) is 11.3. The van der Waals surface area contributed by atoms with Crippen LogP contribution in [-0.2, 0) is 15.7 Å². The van der Waals surface area contributed by atoms with Gasteiger partial charge in [0.2, 0.25) is 0 Å². The van der Waals surface area contributed by atoms with E-state index in [9.17, 15) is 17.8 Å². The maximum absolute atomic E-state index is 12.9. The molecule has 5 nitrogen and oxygen atoms in total. The summed E-state index contributed by atoms with van der Waals surface area (Å²) >= 11 is 0. The minimum atomic E-state index is -4.69. The van der Waals surface area contributed by atoms with Gasteiger partial charge in [0.25, 0.3) is 10.1 Å². The van der Waals surface area contributed by atoms with Crippen LogP contribution in [0.3, 0.4) is 0 Å². The van der Waals surface area contributed by atoms with Crippen LogP contribution in [0.25, 0.3) is 0 Å². The van der Waals surface area contributed by atoms with Gasteiger partial charge in [0.05, 0.1) is 5.56 Å². The van der Waals surface area contributed by atoms with Crippen molar-refractivity contribution in [3.05, 3.63) is 65.7 Å². The molecule has 0 spiro atoms. The Hall–Kier alpha value is -2.18. The first-order valence-corrected chi connectivity index (χ1v) is 9.13. The lowest BCUT2D eigenvalue weighted by Gasteiger charge is -2.45. The smallest absolute Gasteiger partial charge is 0.279 e. The highest BCUT2D eigenvalue weighted by atomic mass is 32.2. The van der Waals surface area contributed by atoms with Crippen molar-refractivity contribution in [2.45, 2.75) is 24.7 Å². The molecule has 126 valence electrons. The van der Waals surface area contributed by atoms with Gasteiger partial charge in [-0.2, -0.15) is 8.42 Å². The molecule has 0 fully saturated rings. The first-order valence-electron chi connectivity index (χ1n) is 7.62. The van der Waals surface area contributed by atoms with Crippen molar-refractivity contribution in [1.82, 2.24) is 0 Å². The number of ether oxygens (including phenoxy) is 1. The topological polar surface area (TPSA) is 80.7 Å². The Morgan fingerprint density at radius 2 is 1.62 bits per heavy atom. The predicted molar refractivity (Wildman–Crippen MR) is 89.7 cm³/mol.